The van der Waals surface area contributed by atoms with Crippen molar-refractivity contribution in [3.8, 4) is 11.1 Å². The third-order valence-electron chi connectivity index (χ3n) is 3.60. The topological polar surface area (TPSA) is 85.4 Å². The number of carbonyl (C=O) groups is 1. The number of methoxy groups -OCH3 is 1. The minimum atomic E-state index is -0.500. The maximum atomic E-state index is 11.1. The number of hydrogen-bond donors (Lipinski definition) is 2. The van der Waals surface area contributed by atoms with Gasteiger partial charge in [0.2, 0.25) is 0 Å². The molecule has 0 atom stereocenters. The van der Waals surface area contributed by atoms with E-state index in [1.165, 1.54) is 4.88 Å². The van der Waals surface area contributed by atoms with Gasteiger partial charge in [0.15, 0.2) is 0 Å². The number of benzene rings is 1. The molecule has 6 heteroatoms. The van der Waals surface area contributed by atoms with Gasteiger partial charge >= 0.3 is 0 Å². The molecule has 0 saturated heterocycles. The highest BCUT2D eigenvalue weighted by molar-refractivity contribution is 7.18. The lowest BCUT2D eigenvalue weighted by Crippen LogP contribution is -2.10. The summed E-state index contributed by atoms with van der Waals surface area (Å²) in [7, 11) is 3.25. The average Bonchev–Trinajstić information content (AvgIpc) is 2.95. The summed E-state index contributed by atoms with van der Waals surface area (Å²) in [4.78, 5) is 18.0. The van der Waals surface area contributed by atoms with Crippen LogP contribution in [0, 0.1) is 13.8 Å². The molecular formula is C23H32N2O3S. The standard InChI is InChI=1S/C17H16N2OS.C4H10O.C2H6O/c1-10-9-15-16(12-3-5-13(18)6-4-12)14(7-8-20)11(2)19-17(15)21-10;1-4(2,3)5;1-3-2/h3-6,8-9H,7,18H2,1-2H3;5H,1-3H3;1-2H3. The molecule has 0 aliphatic heterocycles. The molecule has 0 aliphatic rings. The van der Waals surface area contributed by atoms with Gasteiger partial charge in [0.25, 0.3) is 0 Å². The first-order valence-corrected chi connectivity index (χ1v) is 10.1. The molecule has 2 aromatic heterocycles. The van der Waals surface area contributed by atoms with Crippen LogP contribution in [0.3, 0.4) is 0 Å². The van der Waals surface area contributed by atoms with Crippen LogP contribution in [0.25, 0.3) is 21.3 Å². The molecule has 0 saturated carbocycles. The second kappa shape index (κ2) is 11.0. The van der Waals surface area contributed by atoms with Crippen molar-refractivity contribution in [2.75, 3.05) is 20.0 Å². The van der Waals surface area contributed by atoms with Gasteiger partial charge in [0.1, 0.15) is 11.1 Å². The fraction of sp³-hybridized carbons (Fsp3) is 0.391. The summed E-state index contributed by atoms with van der Waals surface area (Å²) in [5.74, 6) is 0. The number of anilines is 1. The lowest BCUT2D eigenvalue weighted by Gasteiger charge is -2.12. The first-order valence-electron chi connectivity index (χ1n) is 9.33. The van der Waals surface area contributed by atoms with Gasteiger partial charge in [-0.2, -0.15) is 0 Å². The van der Waals surface area contributed by atoms with Crippen LogP contribution >= 0.6 is 11.3 Å². The third-order valence-corrected chi connectivity index (χ3v) is 4.54. The molecule has 1 aromatic carbocycles. The van der Waals surface area contributed by atoms with Crippen molar-refractivity contribution < 1.29 is 14.6 Å². The summed E-state index contributed by atoms with van der Waals surface area (Å²) in [5.41, 5.74) is 10.1. The molecule has 0 fully saturated rings. The van der Waals surface area contributed by atoms with Gasteiger partial charge in [-0.05, 0) is 69.5 Å². The first-order chi connectivity index (χ1) is 13.5. The number of nitrogens with zero attached hydrogens (tertiary/aromatic N) is 1. The van der Waals surface area contributed by atoms with Gasteiger partial charge in [-0.25, -0.2) is 4.98 Å². The summed E-state index contributed by atoms with van der Waals surface area (Å²) in [5, 5.41) is 9.64. The van der Waals surface area contributed by atoms with Gasteiger partial charge in [-0.15, -0.1) is 11.3 Å². The van der Waals surface area contributed by atoms with Crippen LogP contribution in [0.4, 0.5) is 5.69 Å². The minimum Gasteiger partial charge on any atom is -0.399 e. The molecule has 3 aromatic rings. The molecule has 0 unspecified atom stereocenters. The maximum absolute atomic E-state index is 11.1. The molecule has 0 aliphatic carbocycles. The van der Waals surface area contributed by atoms with Gasteiger partial charge in [-0.1, -0.05) is 12.1 Å². The number of nitrogens with two attached hydrogens (primary N) is 1. The zero-order valence-corrected chi connectivity index (χ0v) is 19.2. The number of aromatic nitrogens is 1. The second-order valence-electron chi connectivity index (χ2n) is 7.70. The molecule has 3 N–H and O–H groups in total. The third kappa shape index (κ3) is 7.93. The Morgan fingerprint density at radius 1 is 1.17 bits per heavy atom. The first kappa shape index (κ1) is 24.8. The van der Waals surface area contributed by atoms with E-state index < -0.39 is 5.60 Å². The zero-order valence-electron chi connectivity index (χ0n) is 18.4. The zero-order chi connectivity index (χ0) is 22.2. The predicted molar refractivity (Wildman–Crippen MR) is 124 cm³/mol. The van der Waals surface area contributed by atoms with Crippen molar-refractivity contribution in [1.82, 2.24) is 4.98 Å². The normalized spacial score (nSPS) is 10.6. The Morgan fingerprint density at radius 3 is 2.17 bits per heavy atom. The smallest absolute Gasteiger partial charge is 0.124 e. The van der Waals surface area contributed by atoms with E-state index in [9.17, 15) is 4.79 Å². The largest absolute Gasteiger partial charge is 0.399 e. The van der Waals surface area contributed by atoms with E-state index in [1.807, 2.05) is 31.2 Å². The molecule has 0 radical (unpaired) electrons. The van der Waals surface area contributed by atoms with Crippen molar-refractivity contribution in [3.05, 3.63) is 46.5 Å². The summed E-state index contributed by atoms with van der Waals surface area (Å²) in [6.07, 6.45) is 1.32. The lowest BCUT2D eigenvalue weighted by molar-refractivity contribution is -0.107. The van der Waals surface area contributed by atoms with Crippen molar-refractivity contribution >= 4 is 33.5 Å². The number of rotatable bonds is 3. The van der Waals surface area contributed by atoms with Crippen molar-refractivity contribution in [1.29, 1.82) is 0 Å². The van der Waals surface area contributed by atoms with Gasteiger partial charge in [0, 0.05) is 42.3 Å². The minimum absolute atomic E-state index is 0.378. The van der Waals surface area contributed by atoms with E-state index in [4.69, 9.17) is 10.8 Å². The summed E-state index contributed by atoms with van der Waals surface area (Å²) < 4.78 is 4.25. The van der Waals surface area contributed by atoms with E-state index in [1.54, 1.807) is 46.3 Å². The fourth-order valence-electron chi connectivity index (χ4n) is 2.64. The molecule has 0 bridgehead atoms. The molecule has 0 amide bonds. The monoisotopic (exact) mass is 416 g/mol. The molecular weight excluding hydrogens is 384 g/mol. The number of aryl methyl sites for hydroxylation is 2. The quantitative estimate of drug-likeness (QED) is 0.466. The number of ether oxygens (including phenoxy) is 1. The number of hydrogen-bond acceptors (Lipinski definition) is 6. The molecule has 3 rings (SSSR count). The Balaban J connectivity index is 0.000000452. The van der Waals surface area contributed by atoms with E-state index in [0.29, 0.717) is 6.42 Å². The highest BCUT2D eigenvalue weighted by Gasteiger charge is 2.16. The Bertz CT molecular complexity index is 920. The number of aliphatic hydroxyl groups is 1. The number of carbonyl (C=O) groups excluding carboxylic acids is 1. The van der Waals surface area contributed by atoms with Crippen LogP contribution in [0.1, 0.15) is 36.9 Å². The van der Waals surface area contributed by atoms with Crippen LogP contribution in [0.2, 0.25) is 0 Å². The number of aldehydes is 1. The lowest BCUT2D eigenvalue weighted by atomic mass is 9.94. The Hall–Kier alpha value is -2.28. The number of thiophene rings is 1. The SMILES string of the molecule is CC(C)(C)O.COC.Cc1cc2c(-c3ccc(N)cc3)c(CC=O)c(C)nc2s1. The van der Waals surface area contributed by atoms with Gasteiger partial charge in [-0.3, -0.25) is 0 Å². The number of pyridine rings is 1. The Morgan fingerprint density at radius 2 is 1.69 bits per heavy atom. The van der Waals surface area contributed by atoms with E-state index in [0.717, 1.165) is 44.6 Å². The summed E-state index contributed by atoms with van der Waals surface area (Å²) >= 11 is 1.68. The molecule has 0 spiro atoms. The Kier molecular flexibility index (Phi) is 9.43. The van der Waals surface area contributed by atoms with Crippen LogP contribution in [0.5, 0.6) is 0 Å². The summed E-state index contributed by atoms with van der Waals surface area (Å²) in [6.45, 7) is 9.27. The molecule has 5 nitrogen and oxygen atoms in total. The highest BCUT2D eigenvalue weighted by Crippen LogP contribution is 2.37. The molecule has 158 valence electrons. The fourth-order valence-corrected chi connectivity index (χ4v) is 3.58. The van der Waals surface area contributed by atoms with E-state index in [-0.39, 0.29) is 0 Å². The van der Waals surface area contributed by atoms with Crippen LogP contribution < -0.4 is 5.73 Å². The van der Waals surface area contributed by atoms with Crippen molar-refractivity contribution in [3.63, 3.8) is 0 Å². The van der Waals surface area contributed by atoms with Gasteiger partial charge in [0.05, 0.1) is 5.60 Å². The predicted octanol–water partition coefficient (Wildman–Crippen LogP) is 4.94. The molecule has 2 heterocycles. The van der Waals surface area contributed by atoms with E-state index >= 15 is 0 Å². The van der Waals surface area contributed by atoms with Crippen LogP contribution in [0.15, 0.2) is 30.3 Å². The maximum Gasteiger partial charge on any atom is 0.124 e. The highest BCUT2D eigenvalue weighted by atomic mass is 32.1. The van der Waals surface area contributed by atoms with Crippen molar-refractivity contribution in [2.24, 2.45) is 0 Å². The van der Waals surface area contributed by atoms with E-state index in [2.05, 4.69) is 22.7 Å². The number of nitrogen functional groups attached to an aromatic ring is 1. The molecule has 29 heavy (non-hydrogen) atoms. The average molecular weight is 417 g/mol. The summed E-state index contributed by atoms with van der Waals surface area (Å²) in [6, 6.07) is 9.93. The van der Waals surface area contributed by atoms with Crippen LogP contribution in [-0.4, -0.2) is 36.2 Å². The Labute approximate surface area is 177 Å². The number of fused-ring (bicyclic) bond motifs is 1. The van der Waals surface area contributed by atoms with Gasteiger partial charge < -0.3 is 20.4 Å². The van der Waals surface area contributed by atoms with Crippen molar-refractivity contribution in [2.45, 2.75) is 46.6 Å². The van der Waals surface area contributed by atoms with Crippen LogP contribution in [-0.2, 0) is 16.0 Å². The second-order valence-corrected chi connectivity index (χ2v) is 8.93.